The highest BCUT2D eigenvalue weighted by Crippen LogP contribution is 2.26. The normalized spacial score (nSPS) is 11.4. The Labute approximate surface area is 132 Å². The molecule has 0 aliphatic rings. The summed E-state index contributed by atoms with van der Waals surface area (Å²) in [6.45, 7) is 6.21. The number of amides is 1. The smallest absolute Gasteiger partial charge is 0.236 e. The zero-order valence-electron chi connectivity index (χ0n) is 12.1. The number of hydrogen-bond donors (Lipinski definition) is 1. The van der Waals surface area contributed by atoms with Gasteiger partial charge in [-0.3, -0.25) is 4.79 Å². The molecule has 0 radical (unpaired) electrons. The van der Waals surface area contributed by atoms with Gasteiger partial charge in [0.25, 0.3) is 0 Å². The summed E-state index contributed by atoms with van der Waals surface area (Å²) in [6, 6.07) is 6.14. The molecule has 1 amide bonds. The van der Waals surface area contributed by atoms with Crippen molar-refractivity contribution in [1.29, 1.82) is 0 Å². The fourth-order valence-corrected chi connectivity index (χ4v) is 2.89. The number of nitrogens with zero attached hydrogens (tertiary/aromatic N) is 1. The van der Waals surface area contributed by atoms with Crippen LogP contribution in [0.25, 0.3) is 11.3 Å². The van der Waals surface area contributed by atoms with Crippen molar-refractivity contribution in [3.63, 3.8) is 0 Å². The SMILES string of the molecule is CC(C)(C)SCC(=O)Nc1nc(-c2ccc(F)cc2)cs1. The van der Waals surface area contributed by atoms with Crippen LogP contribution in [0.3, 0.4) is 0 Å². The highest BCUT2D eigenvalue weighted by molar-refractivity contribution is 8.01. The summed E-state index contributed by atoms with van der Waals surface area (Å²) in [5.74, 6) is 0.0613. The number of thioether (sulfide) groups is 1. The second kappa shape index (κ2) is 6.58. The summed E-state index contributed by atoms with van der Waals surface area (Å²) in [7, 11) is 0. The third-order valence-corrected chi connectivity index (χ3v) is 4.56. The molecule has 0 bridgehead atoms. The van der Waals surface area contributed by atoms with Gasteiger partial charge < -0.3 is 5.32 Å². The van der Waals surface area contributed by atoms with E-state index in [9.17, 15) is 9.18 Å². The van der Waals surface area contributed by atoms with E-state index in [2.05, 4.69) is 31.1 Å². The maximum atomic E-state index is 12.9. The lowest BCUT2D eigenvalue weighted by molar-refractivity contribution is -0.113. The van der Waals surface area contributed by atoms with Crippen molar-refractivity contribution in [2.75, 3.05) is 11.1 Å². The van der Waals surface area contributed by atoms with Gasteiger partial charge in [0, 0.05) is 15.7 Å². The molecule has 0 saturated carbocycles. The lowest BCUT2D eigenvalue weighted by Crippen LogP contribution is -2.18. The lowest BCUT2D eigenvalue weighted by Gasteiger charge is -2.16. The minimum absolute atomic E-state index is 0.0550. The molecule has 0 saturated heterocycles. The third-order valence-electron chi connectivity index (χ3n) is 2.53. The molecule has 1 heterocycles. The van der Waals surface area contributed by atoms with Crippen molar-refractivity contribution >= 4 is 34.1 Å². The first kappa shape index (κ1) is 16.0. The van der Waals surface area contributed by atoms with E-state index in [0.717, 1.165) is 11.3 Å². The van der Waals surface area contributed by atoms with Crippen molar-refractivity contribution in [3.05, 3.63) is 35.5 Å². The molecule has 0 unspecified atom stereocenters. The molecule has 0 aliphatic carbocycles. The van der Waals surface area contributed by atoms with Crippen molar-refractivity contribution in [2.45, 2.75) is 25.5 Å². The van der Waals surface area contributed by atoms with E-state index < -0.39 is 0 Å². The Bertz CT molecular complexity index is 617. The predicted octanol–water partition coefficient (Wildman–Crippen LogP) is 4.42. The molecule has 0 fully saturated rings. The number of anilines is 1. The quantitative estimate of drug-likeness (QED) is 0.905. The Kier molecular flexibility index (Phi) is 5.00. The molecule has 1 aromatic carbocycles. The van der Waals surface area contributed by atoms with E-state index in [0.29, 0.717) is 10.9 Å². The molecule has 2 aromatic rings. The van der Waals surface area contributed by atoms with Crippen molar-refractivity contribution < 1.29 is 9.18 Å². The molecule has 3 nitrogen and oxygen atoms in total. The average molecular weight is 324 g/mol. The van der Waals surface area contributed by atoms with Crippen molar-refractivity contribution in [1.82, 2.24) is 4.98 Å². The van der Waals surface area contributed by atoms with Crippen LogP contribution in [0.1, 0.15) is 20.8 Å². The zero-order valence-corrected chi connectivity index (χ0v) is 13.8. The van der Waals surface area contributed by atoms with Gasteiger partial charge in [-0.15, -0.1) is 23.1 Å². The first-order valence-corrected chi connectivity index (χ1v) is 8.35. The van der Waals surface area contributed by atoms with Crippen LogP contribution in [0.5, 0.6) is 0 Å². The van der Waals surface area contributed by atoms with Crippen LogP contribution in [0.15, 0.2) is 29.6 Å². The van der Waals surface area contributed by atoms with Crippen LogP contribution in [0, 0.1) is 5.82 Å². The Morgan fingerprint density at radius 2 is 2.00 bits per heavy atom. The minimum atomic E-state index is -0.276. The number of carbonyl (C=O) groups excluding carboxylic acids is 1. The van der Waals surface area contributed by atoms with Crippen LogP contribution < -0.4 is 5.32 Å². The minimum Gasteiger partial charge on any atom is -0.301 e. The first-order chi connectivity index (χ1) is 9.83. The van der Waals surface area contributed by atoms with Gasteiger partial charge in [-0.2, -0.15) is 0 Å². The van der Waals surface area contributed by atoms with E-state index in [4.69, 9.17) is 0 Å². The van der Waals surface area contributed by atoms with E-state index in [1.165, 1.54) is 23.5 Å². The van der Waals surface area contributed by atoms with Crippen molar-refractivity contribution in [3.8, 4) is 11.3 Å². The number of carbonyl (C=O) groups is 1. The Morgan fingerprint density at radius 3 is 2.62 bits per heavy atom. The second-order valence-corrected chi connectivity index (χ2v) is 8.15. The second-order valence-electron chi connectivity index (χ2n) is 5.49. The van der Waals surface area contributed by atoms with Crippen molar-refractivity contribution in [2.24, 2.45) is 0 Å². The van der Waals surface area contributed by atoms with E-state index in [-0.39, 0.29) is 16.5 Å². The summed E-state index contributed by atoms with van der Waals surface area (Å²) in [4.78, 5) is 16.2. The number of halogens is 1. The summed E-state index contributed by atoms with van der Waals surface area (Å²) >= 11 is 2.95. The molecule has 1 aromatic heterocycles. The Hall–Kier alpha value is -1.40. The maximum Gasteiger partial charge on any atom is 0.236 e. The molecule has 6 heteroatoms. The van der Waals surface area contributed by atoms with Gasteiger partial charge in [-0.25, -0.2) is 9.37 Å². The van der Waals surface area contributed by atoms with Gasteiger partial charge in [-0.05, 0) is 24.3 Å². The maximum absolute atomic E-state index is 12.9. The summed E-state index contributed by atoms with van der Waals surface area (Å²) in [6.07, 6.45) is 0. The standard InChI is InChI=1S/C15H17FN2OS2/c1-15(2,3)21-9-13(19)18-14-17-12(8-20-14)10-4-6-11(16)7-5-10/h4-8H,9H2,1-3H3,(H,17,18,19). The number of aromatic nitrogens is 1. The monoisotopic (exact) mass is 324 g/mol. The molecule has 21 heavy (non-hydrogen) atoms. The lowest BCUT2D eigenvalue weighted by atomic mass is 10.2. The van der Waals surface area contributed by atoms with Crippen LogP contribution in [0.2, 0.25) is 0 Å². The van der Waals surface area contributed by atoms with Gasteiger partial charge in [0.2, 0.25) is 5.91 Å². The fraction of sp³-hybridized carbons (Fsp3) is 0.333. The van der Waals surface area contributed by atoms with E-state index in [1.54, 1.807) is 23.9 Å². The fourth-order valence-electron chi connectivity index (χ4n) is 1.52. The highest BCUT2D eigenvalue weighted by atomic mass is 32.2. The molecule has 0 atom stereocenters. The van der Waals surface area contributed by atoms with E-state index >= 15 is 0 Å². The largest absolute Gasteiger partial charge is 0.301 e. The summed E-state index contributed by atoms with van der Waals surface area (Å²) < 4.78 is 12.9. The Morgan fingerprint density at radius 1 is 1.33 bits per heavy atom. The molecule has 2 rings (SSSR count). The topological polar surface area (TPSA) is 42.0 Å². The number of nitrogens with one attached hydrogen (secondary N) is 1. The molecular weight excluding hydrogens is 307 g/mol. The molecule has 0 aliphatic heterocycles. The highest BCUT2D eigenvalue weighted by Gasteiger charge is 2.14. The predicted molar refractivity (Wildman–Crippen MR) is 88.3 cm³/mol. The van der Waals surface area contributed by atoms with Gasteiger partial charge in [0.1, 0.15) is 5.82 Å². The first-order valence-electron chi connectivity index (χ1n) is 6.49. The number of hydrogen-bond acceptors (Lipinski definition) is 4. The summed E-state index contributed by atoms with van der Waals surface area (Å²) in [5.41, 5.74) is 1.57. The van der Waals surface area contributed by atoms with E-state index in [1.807, 2.05) is 5.38 Å². The third kappa shape index (κ3) is 5.13. The molecule has 1 N–H and O–H groups in total. The number of rotatable bonds is 4. The summed E-state index contributed by atoms with van der Waals surface area (Å²) in [5, 5.41) is 5.20. The molecular formula is C15H17FN2OS2. The zero-order chi connectivity index (χ0) is 15.5. The van der Waals surface area contributed by atoms with Crippen LogP contribution >= 0.6 is 23.1 Å². The number of benzene rings is 1. The van der Waals surface area contributed by atoms with Gasteiger partial charge in [0.15, 0.2) is 5.13 Å². The van der Waals surface area contributed by atoms with Crippen LogP contribution in [0.4, 0.5) is 9.52 Å². The van der Waals surface area contributed by atoms with Crippen LogP contribution in [-0.2, 0) is 4.79 Å². The van der Waals surface area contributed by atoms with Gasteiger partial charge >= 0.3 is 0 Å². The van der Waals surface area contributed by atoms with Crippen LogP contribution in [-0.4, -0.2) is 21.4 Å². The number of thiazole rings is 1. The molecule has 112 valence electrons. The van der Waals surface area contributed by atoms with Gasteiger partial charge in [-0.1, -0.05) is 20.8 Å². The Balaban J connectivity index is 1.97. The average Bonchev–Trinajstić information content (AvgIpc) is 2.85. The van der Waals surface area contributed by atoms with Gasteiger partial charge in [0.05, 0.1) is 11.4 Å². The molecule has 0 spiro atoms.